The summed E-state index contributed by atoms with van der Waals surface area (Å²) in [5, 5.41) is 8.83. The van der Waals surface area contributed by atoms with E-state index in [1.54, 1.807) is 12.5 Å². The van der Waals surface area contributed by atoms with Gasteiger partial charge in [0.15, 0.2) is 11.4 Å². The lowest BCUT2D eigenvalue weighted by Crippen LogP contribution is -2.12. The molecule has 132 valence electrons. The number of furan rings is 1. The van der Waals surface area contributed by atoms with Crippen molar-refractivity contribution in [3.05, 3.63) is 78.9 Å². The van der Waals surface area contributed by atoms with Gasteiger partial charge >= 0.3 is 0 Å². The lowest BCUT2D eigenvalue weighted by atomic mass is 10.1. The molecule has 0 fully saturated rings. The molecule has 2 aromatic carbocycles. The summed E-state index contributed by atoms with van der Waals surface area (Å²) in [6, 6.07) is 18.0. The highest BCUT2D eigenvalue weighted by molar-refractivity contribution is 6.05. The molecule has 0 amide bonds. The Kier molecular flexibility index (Phi) is 3.60. The highest BCUT2D eigenvalue weighted by Crippen LogP contribution is 2.32. The Labute approximate surface area is 155 Å². The van der Waals surface area contributed by atoms with E-state index in [0.717, 1.165) is 27.7 Å². The van der Waals surface area contributed by atoms with Gasteiger partial charge in [-0.1, -0.05) is 30.3 Å². The van der Waals surface area contributed by atoms with Crippen LogP contribution in [0, 0.1) is 0 Å². The molecule has 5 aromatic rings. The monoisotopic (exact) mass is 355 g/mol. The summed E-state index contributed by atoms with van der Waals surface area (Å²) in [5.41, 5.74) is 4.43. The number of rotatable bonds is 4. The SMILES string of the molecule is CC(Nc1ncnc2c1oc1ccccc12)c1ccccc1-n1cccn1. The minimum Gasteiger partial charge on any atom is -0.450 e. The summed E-state index contributed by atoms with van der Waals surface area (Å²) < 4.78 is 7.88. The number of fused-ring (bicyclic) bond motifs is 3. The second-order valence-corrected chi connectivity index (χ2v) is 6.37. The van der Waals surface area contributed by atoms with E-state index in [4.69, 9.17) is 4.42 Å². The van der Waals surface area contributed by atoms with Crippen molar-refractivity contribution in [2.75, 3.05) is 5.32 Å². The fraction of sp³-hybridized carbons (Fsp3) is 0.0952. The Morgan fingerprint density at radius 1 is 1.00 bits per heavy atom. The zero-order chi connectivity index (χ0) is 18.2. The van der Waals surface area contributed by atoms with E-state index in [2.05, 4.69) is 39.4 Å². The van der Waals surface area contributed by atoms with E-state index < -0.39 is 0 Å². The minimum absolute atomic E-state index is 0.00304. The van der Waals surface area contributed by atoms with Gasteiger partial charge in [0.1, 0.15) is 17.4 Å². The molecule has 0 spiro atoms. The van der Waals surface area contributed by atoms with Gasteiger partial charge in [-0.3, -0.25) is 0 Å². The quantitative estimate of drug-likeness (QED) is 0.504. The average Bonchev–Trinajstić information content (AvgIpc) is 3.36. The summed E-state index contributed by atoms with van der Waals surface area (Å²) >= 11 is 0. The Hall–Kier alpha value is -3.67. The summed E-state index contributed by atoms with van der Waals surface area (Å²) in [4.78, 5) is 8.83. The van der Waals surface area contributed by atoms with Gasteiger partial charge in [-0.25, -0.2) is 14.6 Å². The number of para-hydroxylation sites is 2. The van der Waals surface area contributed by atoms with E-state index in [-0.39, 0.29) is 6.04 Å². The molecule has 0 saturated heterocycles. The first-order chi connectivity index (χ1) is 13.3. The molecule has 0 aliphatic heterocycles. The predicted molar refractivity (Wildman–Crippen MR) is 105 cm³/mol. The number of nitrogens with one attached hydrogen (secondary N) is 1. The van der Waals surface area contributed by atoms with E-state index in [0.29, 0.717) is 11.4 Å². The fourth-order valence-corrected chi connectivity index (χ4v) is 3.38. The smallest absolute Gasteiger partial charge is 0.196 e. The molecule has 6 heteroatoms. The average molecular weight is 355 g/mol. The van der Waals surface area contributed by atoms with Crippen LogP contribution >= 0.6 is 0 Å². The molecule has 0 aliphatic carbocycles. The minimum atomic E-state index is -0.00304. The molecule has 5 rings (SSSR count). The molecule has 6 nitrogen and oxygen atoms in total. The molecule has 0 radical (unpaired) electrons. The molecule has 1 unspecified atom stereocenters. The Morgan fingerprint density at radius 3 is 2.74 bits per heavy atom. The van der Waals surface area contributed by atoms with Crippen LogP contribution < -0.4 is 5.32 Å². The highest BCUT2D eigenvalue weighted by Gasteiger charge is 2.17. The highest BCUT2D eigenvalue weighted by atomic mass is 16.3. The maximum absolute atomic E-state index is 6.02. The third-order valence-electron chi connectivity index (χ3n) is 4.67. The lowest BCUT2D eigenvalue weighted by Gasteiger charge is -2.18. The van der Waals surface area contributed by atoms with Crippen molar-refractivity contribution in [2.45, 2.75) is 13.0 Å². The van der Waals surface area contributed by atoms with E-state index in [1.807, 2.05) is 53.3 Å². The van der Waals surface area contributed by atoms with Crippen LogP contribution in [0.3, 0.4) is 0 Å². The van der Waals surface area contributed by atoms with Crippen LogP contribution in [0.15, 0.2) is 77.7 Å². The van der Waals surface area contributed by atoms with Gasteiger partial charge in [0.2, 0.25) is 0 Å². The van der Waals surface area contributed by atoms with Crippen molar-refractivity contribution in [1.29, 1.82) is 0 Å². The first-order valence-electron chi connectivity index (χ1n) is 8.79. The van der Waals surface area contributed by atoms with Gasteiger partial charge in [0, 0.05) is 17.8 Å². The topological polar surface area (TPSA) is 68.8 Å². The second kappa shape index (κ2) is 6.25. The van der Waals surface area contributed by atoms with Crippen molar-refractivity contribution >= 4 is 27.9 Å². The van der Waals surface area contributed by atoms with Crippen LogP contribution in [0.4, 0.5) is 5.82 Å². The number of benzene rings is 2. The van der Waals surface area contributed by atoms with Gasteiger partial charge in [-0.2, -0.15) is 5.10 Å². The first kappa shape index (κ1) is 15.6. The Morgan fingerprint density at radius 2 is 1.85 bits per heavy atom. The lowest BCUT2D eigenvalue weighted by molar-refractivity contribution is 0.665. The van der Waals surface area contributed by atoms with E-state index in [1.165, 1.54) is 0 Å². The summed E-state index contributed by atoms with van der Waals surface area (Å²) in [6.45, 7) is 2.10. The molecule has 1 atom stereocenters. The maximum atomic E-state index is 6.02. The van der Waals surface area contributed by atoms with Crippen molar-refractivity contribution in [1.82, 2.24) is 19.7 Å². The summed E-state index contributed by atoms with van der Waals surface area (Å²) in [5.74, 6) is 0.680. The largest absolute Gasteiger partial charge is 0.450 e. The molecule has 0 saturated carbocycles. The molecular formula is C21H17N5O. The number of hydrogen-bond acceptors (Lipinski definition) is 5. The molecule has 0 aliphatic rings. The van der Waals surface area contributed by atoms with Crippen molar-refractivity contribution in [2.24, 2.45) is 0 Å². The molecule has 27 heavy (non-hydrogen) atoms. The Balaban J connectivity index is 1.57. The van der Waals surface area contributed by atoms with Gasteiger partial charge in [-0.15, -0.1) is 0 Å². The molecular weight excluding hydrogens is 338 g/mol. The van der Waals surface area contributed by atoms with Gasteiger partial charge < -0.3 is 9.73 Å². The zero-order valence-electron chi connectivity index (χ0n) is 14.7. The number of anilines is 1. The third-order valence-corrected chi connectivity index (χ3v) is 4.67. The third kappa shape index (κ3) is 2.62. The zero-order valence-corrected chi connectivity index (χ0v) is 14.7. The van der Waals surface area contributed by atoms with E-state index in [9.17, 15) is 0 Å². The molecule has 3 heterocycles. The van der Waals surface area contributed by atoms with Crippen LogP contribution in [0.2, 0.25) is 0 Å². The fourth-order valence-electron chi connectivity index (χ4n) is 3.38. The number of aromatic nitrogens is 4. The summed E-state index contributed by atoms with van der Waals surface area (Å²) in [6.07, 6.45) is 5.28. The predicted octanol–water partition coefficient (Wildman–Crippen LogP) is 4.73. The van der Waals surface area contributed by atoms with Crippen LogP contribution in [0.1, 0.15) is 18.5 Å². The molecule has 1 N–H and O–H groups in total. The molecule has 0 bridgehead atoms. The van der Waals surface area contributed by atoms with Gasteiger partial charge in [0.05, 0.1) is 11.7 Å². The number of hydrogen-bond donors (Lipinski definition) is 1. The normalized spacial score (nSPS) is 12.5. The van der Waals surface area contributed by atoms with Crippen LogP contribution in [0.25, 0.3) is 27.8 Å². The van der Waals surface area contributed by atoms with Crippen molar-refractivity contribution < 1.29 is 4.42 Å². The second-order valence-electron chi connectivity index (χ2n) is 6.37. The standard InChI is InChI=1S/C21H17N5O/c1-14(15-7-2-4-9-17(15)26-12-6-11-24-26)25-21-20-19(22-13-23-21)16-8-3-5-10-18(16)27-20/h2-14H,1H3,(H,22,23,25). The summed E-state index contributed by atoms with van der Waals surface area (Å²) in [7, 11) is 0. The molecule has 3 aromatic heterocycles. The Bertz CT molecular complexity index is 1230. The van der Waals surface area contributed by atoms with Crippen LogP contribution in [0.5, 0.6) is 0 Å². The van der Waals surface area contributed by atoms with E-state index >= 15 is 0 Å². The maximum Gasteiger partial charge on any atom is 0.196 e. The van der Waals surface area contributed by atoms with Crippen molar-refractivity contribution in [3.63, 3.8) is 0 Å². The van der Waals surface area contributed by atoms with Crippen molar-refractivity contribution in [3.8, 4) is 5.69 Å². The van der Waals surface area contributed by atoms with Gasteiger partial charge in [-0.05, 0) is 36.8 Å². The van der Waals surface area contributed by atoms with Crippen LogP contribution in [-0.2, 0) is 0 Å². The number of nitrogens with zero attached hydrogens (tertiary/aromatic N) is 4. The van der Waals surface area contributed by atoms with Crippen LogP contribution in [-0.4, -0.2) is 19.7 Å². The first-order valence-corrected chi connectivity index (χ1v) is 8.79. The van der Waals surface area contributed by atoms with Gasteiger partial charge in [0.25, 0.3) is 0 Å².